The van der Waals surface area contributed by atoms with Crippen LogP contribution in [0.25, 0.3) is 0 Å². The van der Waals surface area contributed by atoms with Gasteiger partial charge in [-0.1, -0.05) is 25.4 Å². The molecule has 0 aromatic heterocycles. The topological polar surface area (TPSA) is 20.3 Å². The number of nitrogens with zero attached hydrogens (tertiary/aromatic N) is 1. The summed E-state index contributed by atoms with van der Waals surface area (Å²) in [7, 11) is 0. The molecule has 0 spiro atoms. The highest BCUT2D eigenvalue weighted by Crippen LogP contribution is 2.29. The van der Waals surface area contributed by atoms with E-state index < -0.39 is 0 Å². The van der Waals surface area contributed by atoms with Crippen LogP contribution in [0.3, 0.4) is 0 Å². The molecule has 1 unspecified atom stereocenters. The molecule has 0 saturated carbocycles. The molecule has 1 fully saturated rings. The molecular weight excluding hydrogens is 314 g/mol. The van der Waals surface area contributed by atoms with Crippen molar-refractivity contribution in [3.8, 4) is 0 Å². The maximum absolute atomic E-state index is 12.6. The summed E-state index contributed by atoms with van der Waals surface area (Å²) in [5.41, 5.74) is 0.662. The molecule has 98 valence electrons. The van der Waals surface area contributed by atoms with Gasteiger partial charge in [-0.05, 0) is 52.9 Å². The molecule has 1 amide bonds. The van der Waals surface area contributed by atoms with Gasteiger partial charge in [-0.3, -0.25) is 4.79 Å². The smallest absolute Gasteiger partial charge is 0.255 e. The van der Waals surface area contributed by atoms with Crippen LogP contribution in [-0.4, -0.2) is 23.4 Å². The predicted octanol–water partition coefficient (Wildman–Crippen LogP) is 4.36. The number of amides is 1. The minimum atomic E-state index is 0.0839. The maximum Gasteiger partial charge on any atom is 0.255 e. The van der Waals surface area contributed by atoms with Crippen molar-refractivity contribution in [2.75, 3.05) is 6.54 Å². The average Bonchev–Trinajstić information content (AvgIpc) is 2.80. The third-order valence-corrected chi connectivity index (χ3v) is 4.42. The normalized spacial score (nSPS) is 19.6. The highest BCUT2D eigenvalue weighted by molar-refractivity contribution is 9.10. The van der Waals surface area contributed by atoms with Gasteiger partial charge in [0.1, 0.15) is 0 Å². The van der Waals surface area contributed by atoms with E-state index in [0.29, 0.717) is 22.5 Å². The molecule has 1 aliphatic rings. The molecule has 4 heteroatoms. The van der Waals surface area contributed by atoms with Crippen molar-refractivity contribution in [1.82, 2.24) is 4.90 Å². The second-order valence-corrected chi connectivity index (χ2v) is 6.37. The second-order valence-electron chi connectivity index (χ2n) is 5.08. The lowest BCUT2D eigenvalue weighted by Crippen LogP contribution is -2.38. The molecule has 1 atom stereocenters. The number of rotatable bonds is 2. The Kier molecular flexibility index (Phi) is 4.33. The summed E-state index contributed by atoms with van der Waals surface area (Å²) in [5, 5.41) is 0.599. The molecule has 0 aliphatic carbocycles. The molecule has 1 saturated heterocycles. The van der Waals surface area contributed by atoms with Gasteiger partial charge in [-0.25, -0.2) is 0 Å². The van der Waals surface area contributed by atoms with Crippen molar-refractivity contribution in [3.63, 3.8) is 0 Å². The van der Waals surface area contributed by atoms with Gasteiger partial charge in [0.25, 0.3) is 5.91 Å². The lowest BCUT2D eigenvalue weighted by Gasteiger charge is -2.28. The summed E-state index contributed by atoms with van der Waals surface area (Å²) in [6, 6.07) is 5.70. The summed E-state index contributed by atoms with van der Waals surface area (Å²) in [6.45, 7) is 5.19. The van der Waals surface area contributed by atoms with E-state index in [2.05, 4.69) is 29.8 Å². The summed E-state index contributed by atoms with van der Waals surface area (Å²) in [5.74, 6) is 0.579. The summed E-state index contributed by atoms with van der Waals surface area (Å²) in [6.07, 6.45) is 2.19. The van der Waals surface area contributed by atoms with E-state index in [0.717, 1.165) is 23.9 Å². The number of benzene rings is 1. The van der Waals surface area contributed by atoms with Gasteiger partial charge in [-0.2, -0.15) is 0 Å². The Balaban J connectivity index is 2.28. The zero-order valence-electron chi connectivity index (χ0n) is 10.6. The van der Waals surface area contributed by atoms with E-state index in [1.807, 2.05) is 11.0 Å². The first-order valence-corrected chi connectivity index (χ1v) is 7.44. The Labute approximate surface area is 121 Å². The Morgan fingerprint density at radius 1 is 1.50 bits per heavy atom. The molecule has 1 heterocycles. The molecule has 1 aliphatic heterocycles. The van der Waals surface area contributed by atoms with Gasteiger partial charge >= 0.3 is 0 Å². The number of carbonyl (C=O) groups is 1. The fourth-order valence-corrected chi connectivity index (χ4v) is 3.14. The van der Waals surface area contributed by atoms with Crippen molar-refractivity contribution >= 4 is 33.4 Å². The molecule has 0 radical (unpaired) electrons. The van der Waals surface area contributed by atoms with E-state index in [1.165, 1.54) is 0 Å². The fraction of sp³-hybridized carbons (Fsp3) is 0.500. The number of carbonyl (C=O) groups excluding carboxylic acids is 1. The first-order valence-electron chi connectivity index (χ1n) is 6.26. The first-order chi connectivity index (χ1) is 8.50. The monoisotopic (exact) mass is 329 g/mol. The van der Waals surface area contributed by atoms with Crippen LogP contribution in [0.15, 0.2) is 22.7 Å². The molecule has 2 nitrogen and oxygen atoms in total. The minimum Gasteiger partial charge on any atom is -0.335 e. The van der Waals surface area contributed by atoms with Crippen molar-refractivity contribution in [3.05, 3.63) is 33.3 Å². The van der Waals surface area contributed by atoms with Crippen LogP contribution in [0.5, 0.6) is 0 Å². The van der Waals surface area contributed by atoms with Gasteiger partial charge in [-0.15, -0.1) is 0 Å². The van der Waals surface area contributed by atoms with E-state index in [1.54, 1.807) is 12.1 Å². The summed E-state index contributed by atoms with van der Waals surface area (Å²) in [4.78, 5) is 14.6. The molecule has 1 aromatic rings. The van der Waals surface area contributed by atoms with Crippen LogP contribution < -0.4 is 0 Å². The highest BCUT2D eigenvalue weighted by atomic mass is 79.9. The van der Waals surface area contributed by atoms with Crippen LogP contribution in [0.4, 0.5) is 0 Å². The predicted molar refractivity (Wildman–Crippen MR) is 78.0 cm³/mol. The Hall–Kier alpha value is -0.540. The Morgan fingerprint density at radius 3 is 2.89 bits per heavy atom. The van der Waals surface area contributed by atoms with Gasteiger partial charge < -0.3 is 4.90 Å². The lowest BCUT2D eigenvalue weighted by molar-refractivity contribution is 0.0700. The van der Waals surface area contributed by atoms with E-state index in [4.69, 9.17) is 11.6 Å². The van der Waals surface area contributed by atoms with Crippen LogP contribution >= 0.6 is 27.5 Å². The van der Waals surface area contributed by atoms with Crippen molar-refractivity contribution in [2.24, 2.45) is 5.92 Å². The molecule has 0 bridgehead atoms. The number of hydrogen-bond acceptors (Lipinski definition) is 1. The highest BCUT2D eigenvalue weighted by Gasteiger charge is 2.32. The first kappa shape index (κ1) is 13.9. The quantitative estimate of drug-likeness (QED) is 0.789. The Bertz CT molecular complexity index is 461. The zero-order chi connectivity index (χ0) is 13.3. The second kappa shape index (κ2) is 5.62. The van der Waals surface area contributed by atoms with Gasteiger partial charge in [0.2, 0.25) is 0 Å². The number of halogens is 2. The summed E-state index contributed by atoms with van der Waals surface area (Å²) >= 11 is 9.40. The van der Waals surface area contributed by atoms with Crippen molar-refractivity contribution in [2.45, 2.75) is 32.7 Å². The van der Waals surface area contributed by atoms with E-state index in [9.17, 15) is 4.79 Å². The maximum atomic E-state index is 12.6. The third kappa shape index (κ3) is 2.72. The van der Waals surface area contributed by atoms with E-state index >= 15 is 0 Å². The standard InChI is InChI=1S/C14H17BrClNO/c1-9(2)13-4-3-7-17(13)14(18)11-8-10(16)5-6-12(11)15/h5-6,8-9,13H,3-4,7H2,1-2H3. The van der Waals surface area contributed by atoms with Gasteiger partial charge in [0.05, 0.1) is 5.56 Å². The lowest BCUT2D eigenvalue weighted by atomic mass is 10.0. The van der Waals surface area contributed by atoms with Crippen LogP contribution in [0.1, 0.15) is 37.0 Å². The van der Waals surface area contributed by atoms with Gasteiger partial charge in [0.15, 0.2) is 0 Å². The molecule has 18 heavy (non-hydrogen) atoms. The van der Waals surface area contributed by atoms with Crippen LogP contribution in [-0.2, 0) is 0 Å². The number of hydrogen-bond donors (Lipinski definition) is 0. The SMILES string of the molecule is CC(C)C1CCCN1C(=O)c1cc(Cl)ccc1Br. The fourth-order valence-electron chi connectivity index (χ4n) is 2.55. The average molecular weight is 331 g/mol. The molecule has 2 rings (SSSR count). The van der Waals surface area contributed by atoms with Crippen LogP contribution in [0, 0.1) is 5.92 Å². The molecular formula is C14H17BrClNO. The minimum absolute atomic E-state index is 0.0839. The largest absolute Gasteiger partial charge is 0.335 e. The molecule has 0 N–H and O–H groups in total. The van der Waals surface area contributed by atoms with Crippen molar-refractivity contribution < 1.29 is 4.79 Å². The van der Waals surface area contributed by atoms with Crippen molar-refractivity contribution in [1.29, 1.82) is 0 Å². The van der Waals surface area contributed by atoms with Gasteiger partial charge in [0, 0.05) is 22.1 Å². The zero-order valence-corrected chi connectivity index (χ0v) is 13.0. The Morgan fingerprint density at radius 2 is 2.22 bits per heavy atom. The number of likely N-dealkylation sites (tertiary alicyclic amines) is 1. The van der Waals surface area contributed by atoms with E-state index in [-0.39, 0.29) is 5.91 Å². The third-order valence-electron chi connectivity index (χ3n) is 3.49. The molecule has 1 aromatic carbocycles. The summed E-state index contributed by atoms with van der Waals surface area (Å²) < 4.78 is 0.811. The van der Waals surface area contributed by atoms with Crippen LogP contribution in [0.2, 0.25) is 5.02 Å².